The summed E-state index contributed by atoms with van der Waals surface area (Å²) < 4.78 is 5.10. The van der Waals surface area contributed by atoms with Crippen LogP contribution in [0.4, 0.5) is 6.01 Å². The van der Waals surface area contributed by atoms with Crippen LogP contribution in [0.15, 0.2) is 35.3 Å². The molecule has 0 unspecified atom stereocenters. The molecule has 2 aromatic rings. The first-order valence-electron chi connectivity index (χ1n) is 7.25. The summed E-state index contributed by atoms with van der Waals surface area (Å²) in [4.78, 5) is 18.5. The summed E-state index contributed by atoms with van der Waals surface area (Å²) in [6, 6.07) is 6.77. The van der Waals surface area contributed by atoms with E-state index in [9.17, 15) is 0 Å². The summed E-state index contributed by atoms with van der Waals surface area (Å²) in [5, 5.41) is 3.66. The molecule has 0 saturated carbocycles. The van der Waals surface area contributed by atoms with Crippen LogP contribution >= 0.6 is 0 Å². The lowest BCUT2D eigenvalue weighted by Crippen LogP contribution is -2.46. The lowest BCUT2D eigenvalue weighted by Gasteiger charge is -2.33. The summed E-state index contributed by atoms with van der Waals surface area (Å²) in [5.74, 6) is 0.757. The van der Waals surface area contributed by atoms with Gasteiger partial charge in [-0.3, -0.25) is 14.7 Å². The molecule has 3 heterocycles. The van der Waals surface area contributed by atoms with Gasteiger partial charge in [0.05, 0.1) is 0 Å². The molecule has 114 valence electrons. The van der Waals surface area contributed by atoms with Gasteiger partial charge in [-0.25, -0.2) is 0 Å². The fourth-order valence-electron chi connectivity index (χ4n) is 2.75. The van der Waals surface area contributed by atoms with Gasteiger partial charge in [0, 0.05) is 38.3 Å². The van der Waals surface area contributed by atoms with Crippen molar-refractivity contribution in [2.24, 2.45) is 0 Å². The molecular formula is C15H16N4O3. The summed E-state index contributed by atoms with van der Waals surface area (Å²) >= 11 is 0. The summed E-state index contributed by atoms with van der Waals surface area (Å²) in [6.07, 6.45) is 4.90. The van der Waals surface area contributed by atoms with Crippen LogP contribution in [-0.4, -0.2) is 41.2 Å². The van der Waals surface area contributed by atoms with Gasteiger partial charge in [0.1, 0.15) is 6.26 Å². The molecule has 0 aliphatic carbocycles. The molecule has 22 heavy (non-hydrogen) atoms. The number of hydrogen-bond donors (Lipinski definition) is 0. The maximum absolute atomic E-state index is 5.10. The first-order valence-corrected chi connectivity index (χ1v) is 7.25. The largest absolute Gasteiger partial charge is 0.323 e. The topological polar surface area (TPSA) is 63.9 Å². The van der Waals surface area contributed by atoms with E-state index in [-0.39, 0.29) is 0 Å². The Labute approximate surface area is 127 Å². The molecule has 1 saturated heterocycles. The molecule has 2 aliphatic heterocycles. The summed E-state index contributed by atoms with van der Waals surface area (Å²) in [7, 11) is 0. The summed E-state index contributed by atoms with van der Waals surface area (Å²) in [5.41, 5.74) is 2.31. The number of anilines is 1. The molecule has 7 heteroatoms. The van der Waals surface area contributed by atoms with E-state index < -0.39 is 0 Å². The lowest BCUT2D eigenvalue weighted by molar-refractivity contribution is -0.151. The van der Waals surface area contributed by atoms with Crippen molar-refractivity contribution in [1.29, 1.82) is 0 Å². The van der Waals surface area contributed by atoms with Crippen LogP contribution in [0.1, 0.15) is 11.1 Å². The Balaban J connectivity index is 1.38. The second-order valence-corrected chi connectivity index (χ2v) is 5.34. The fraction of sp³-hybridized carbons (Fsp3) is 0.333. The van der Waals surface area contributed by atoms with Gasteiger partial charge < -0.3 is 9.42 Å². The monoisotopic (exact) mass is 300 g/mol. The van der Waals surface area contributed by atoms with Crippen LogP contribution in [0.5, 0.6) is 5.75 Å². The van der Waals surface area contributed by atoms with Crippen LogP contribution in [0.3, 0.4) is 0 Å². The second kappa shape index (κ2) is 5.69. The van der Waals surface area contributed by atoms with Crippen molar-refractivity contribution >= 4 is 12.1 Å². The molecule has 0 N–H and O–H groups in total. The van der Waals surface area contributed by atoms with Crippen LogP contribution in [0.25, 0.3) is 6.08 Å². The third-order valence-corrected chi connectivity index (χ3v) is 3.91. The second-order valence-electron chi connectivity index (χ2n) is 5.34. The molecular weight excluding hydrogens is 284 g/mol. The number of benzene rings is 1. The highest BCUT2D eigenvalue weighted by Gasteiger charge is 2.20. The standard InChI is InChI=1S/C15H16N4O3/c1-2-14-13(3-8-20-22-14)9-12(1)10-18-4-6-19(7-5-18)15-16-11-17-21-15/h1-3,8-9,11H,4-7,10H2. The van der Waals surface area contributed by atoms with Gasteiger partial charge in [-0.1, -0.05) is 11.2 Å². The average molecular weight is 300 g/mol. The van der Waals surface area contributed by atoms with Crippen LogP contribution in [0, 0.1) is 0 Å². The minimum Gasteiger partial charge on any atom is -0.322 e. The SMILES string of the molecule is C1=Cc2cc(CN3CCN(c4ncno4)CC3)ccc2OO1. The highest BCUT2D eigenvalue weighted by molar-refractivity contribution is 5.58. The first kappa shape index (κ1) is 13.1. The van der Waals surface area contributed by atoms with Gasteiger partial charge in [0.15, 0.2) is 12.1 Å². The molecule has 0 atom stereocenters. The number of nitrogens with zero attached hydrogens (tertiary/aromatic N) is 4. The van der Waals surface area contributed by atoms with Crippen molar-refractivity contribution in [1.82, 2.24) is 15.0 Å². The highest BCUT2D eigenvalue weighted by atomic mass is 17.2. The van der Waals surface area contributed by atoms with Crippen molar-refractivity contribution in [2.75, 3.05) is 31.1 Å². The quantitative estimate of drug-likeness (QED) is 0.799. The lowest BCUT2D eigenvalue weighted by atomic mass is 10.1. The number of aromatic nitrogens is 2. The Bertz CT molecular complexity index is 663. The maximum atomic E-state index is 5.10. The molecule has 2 aliphatic rings. The van der Waals surface area contributed by atoms with Crippen LogP contribution < -0.4 is 9.79 Å². The van der Waals surface area contributed by atoms with Crippen LogP contribution in [-0.2, 0) is 11.4 Å². The highest BCUT2D eigenvalue weighted by Crippen LogP contribution is 2.26. The third kappa shape index (κ3) is 2.62. The van der Waals surface area contributed by atoms with Gasteiger partial charge in [0.2, 0.25) is 0 Å². The normalized spacial score (nSPS) is 17.7. The molecule has 0 amide bonds. The molecule has 7 nitrogen and oxygen atoms in total. The van der Waals surface area contributed by atoms with Gasteiger partial charge in [-0.05, 0) is 23.8 Å². The zero-order valence-electron chi connectivity index (χ0n) is 12.0. The molecule has 4 rings (SSSR count). The zero-order chi connectivity index (χ0) is 14.8. The molecule has 1 aromatic carbocycles. The molecule has 0 bridgehead atoms. The summed E-state index contributed by atoms with van der Waals surface area (Å²) in [6.45, 7) is 4.64. The van der Waals surface area contributed by atoms with Gasteiger partial charge in [-0.2, -0.15) is 4.98 Å². The van der Waals surface area contributed by atoms with Crippen molar-refractivity contribution < 1.29 is 14.3 Å². The van der Waals surface area contributed by atoms with Crippen molar-refractivity contribution in [3.63, 3.8) is 0 Å². The van der Waals surface area contributed by atoms with E-state index in [1.54, 1.807) is 6.26 Å². The smallest absolute Gasteiger partial charge is 0.322 e. The van der Waals surface area contributed by atoms with Crippen molar-refractivity contribution in [3.8, 4) is 5.75 Å². The Kier molecular flexibility index (Phi) is 3.40. The molecule has 1 aromatic heterocycles. The fourth-order valence-corrected chi connectivity index (χ4v) is 2.75. The van der Waals surface area contributed by atoms with E-state index in [4.69, 9.17) is 14.3 Å². The van der Waals surface area contributed by atoms with Crippen molar-refractivity contribution in [2.45, 2.75) is 6.54 Å². The Morgan fingerprint density at radius 2 is 2.05 bits per heavy atom. The molecule has 0 radical (unpaired) electrons. The first-order chi connectivity index (χ1) is 10.9. The van der Waals surface area contributed by atoms with E-state index in [2.05, 4.69) is 32.1 Å². The van der Waals surface area contributed by atoms with Gasteiger partial charge >= 0.3 is 6.01 Å². The van der Waals surface area contributed by atoms with E-state index in [0.29, 0.717) is 6.01 Å². The Morgan fingerprint density at radius 1 is 1.14 bits per heavy atom. The van der Waals surface area contributed by atoms with E-state index in [0.717, 1.165) is 44.0 Å². The number of piperazine rings is 1. The maximum Gasteiger partial charge on any atom is 0.323 e. The third-order valence-electron chi connectivity index (χ3n) is 3.91. The zero-order valence-corrected chi connectivity index (χ0v) is 12.0. The minimum atomic E-state index is 0.607. The molecule has 0 spiro atoms. The average Bonchev–Trinajstić information content (AvgIpc) is 3.10. The Hall–Kier alpha value is -2.54. The minimum absolute atomic E-state index is 0.607. The molecule has 1 fully saturated rings. The van der Waals surface area contributed by atoms with E-state index in [1.807, 2.05) is 12.1 Å². The predicted molar refractivity (Wildman–Crippen MR) is 79.0 cm³/mol. The van der Waals surface area contributed by atoms with Crippen molar-refractivity contribution in [3.05, 3.63) is 41.9 Å². The van der Waals surface area contributed by atoms with Gasteiger partial charge in [-0.15, -0.1) is 0 Å². The Morgan fingerprint density at radius 3 is 2.86 bits per heavy atom. The number of fused-ring (bicyclic) bond motifs is 1. The van der Waals surface area contributed by atoms with E-state index in [1.165, 1.54) is 11.9 Å². The number of hydrogen-bond acceptors (Lipinski definition) is 7. The van der Waals surface area contributed by atoms with Gasteiger partial charge in [0.25, 0.3) is 0 Å². The van der Waals surface area contributed by atoms with E-state index >= 15 is 0 Å². The van der Waals surface area contributed by atoms with Crippen LogP contribution in [0.2, 0.25) is 0 Å². The number of rotatable bonds is 3. The predicted octanol–water partition coefficient (Wildman–Crippen LogP) is 1.69.